The molecule has 0 unspecified atom stereocenters. The summed E-state index contributed by atoms with van der Waals surface area (Å²) in [7, 11) is 0. The van der Waals surface area contributed by atoms with Gasteiger partial charge < -0.3 is 15.0 Å². The molecule has 0 aliphatic carbocycles. The lowest BCUT2D eigenvalue weighted by molar-refractivity contribution is 0.0519. The first kappa shape index (κ1) is 17.5. The number of rotatable bonds is 6. The van der Waals surface area contributed by atoms with Crippen molar-refractivity contribution in [1.82, 2.24) is 14.7 Å². The molecule has 7 nitrogen and oxygen atoms in total. The lowest BCUT2D eigenvalue weighted by Crippen LogP contribution is -2.34. The first-order valence-electron chi connectivity index (χ1n) is 7.98. The monoisotopic (exact) mass is 330 g/mol. The first-order valence-corrected chi connectivity index (χ1v) is 7.98. The van der Waals surface area contributed by atoms with Gasteiger partial charge in [-0.3, -0.25) is 0 Å². The van der Waals surface area contributed by atoms with Crippen LogP contribution >= 0.6 is 0 Å². The van der Waals surface area contributed by atoms with E-state index in [-0.39, 0.29) is 11.7 Å². The fourth-order valence-corrected chi connectivity index (χ4v) is 2.19. The second-order valence-corrected chi connectivity index (χ2v) is 5.02. The number of anilines is 1. The number of carbonyl (C=O) groups excluding carboxylic acids is 2. The minimum absolute atomic E-state index is 0.128. The van der Waals surface area contributed by atoms with Crippen molar-refractivity contribution in [3.8, 4) is 5.69 Å². The third-order valence-corrected chi connectivity index (χ3v) is 3.51. The number of nitrogens with zero attached hydrogens (tertiary/aromatic N) is 3. The summed E-state index contributed by atoms with van der Waals surface area (Å²) in [5.74, 6) is -0.445. The summed E-state index contributed by atoms with van der Waals surface area (Å²) in [6, 6.07) is 8.70. The Bertz CT molecular complexity index is 690. The van der Waals surface area contributed by atoms with Gasteiger partial charge in [-0.2, -0.15) is 5.10 Å². The van der Waals surface area contributed by atoms with Crippen molar-refractivity contribution in [2.45, 2.75) is 20.8 Å². The third kappa shape index (κ3) is 4.13. The van der Waals surface area contributed by atoms with Crippen LogP contribution in [0.4, 0.5) is 10.5 Å². The van der Waals surface area contributed by atoms with Crippen molar-refractivity contribution in [1.29, 1.82) is 0 Å². The lowest BCUT2D eigenvalue weighted by Gasteiger charge is -2.19. The van der Waals surface area contributed by atoms with Crippen LogP contribution in [0.1, 0.15) is 31.3 Å². The van der Waals surface area contributed by atoms with Crippen LogP contribution in [0.2, 0.25) is 0 Å². The summed E-state index contributed by atoms with van der Waals surface area (Å²) in [5, 5.41) is 7.04. The molecule has 1 N–H and O–H groups in total. The maximum atomic E-state index is 12.0. The van der Waals surface area contributed by atoms with Gasteiger partial charge in [0.25, 0.3) is 0 Å². The van der Waals surface area contributed by atoms with Gasteiger partial charge in [0.1, 0.15) is 0 Å². The number of benzene rings is 1. The molecule has 0 aliphatic rings. The Kier molecular flexibility index (Phi) is 5.95. The molecule has 0 fully saturated rings. The number of hydrogen-bond donors (Lipinski definition) is 1. The van der Waals surface area contributed by atoms with Gasteiger partial charge in [0.15, 0.2) is 5.69 Å². The first-order chi connectivity index (χ1) is 11.6. The molecule has 2 rings (SSSR count). The van der Waals surface area contributed by atoms with Gasteiger partial charge in [-0.25, -0.2) is 14.3 Å². The Labute approximate surface area is 141 Å². The summed E-state index contributed by atoms with van der Waals surface area (Å²) < 4.78 is 6.50. The number of ether oxygens (including phenoxy) is 1. The van der Waals surface area contributed by atoms with E-state index in [1.54, 1.807) is 40.9 Å². The number of amides is 2. The summed E-state index contributed by atoms with van der Waals surface area (Å²) in [6.07, 6.45) is 1.69. The van der Waals surface area contributed by atoms with E-state index in [2.05, 4.69) is 10.4 Å². The molecule has 7 heteroatoms. The van der Waals surface area contributed by atoms with E-state index in [0.29, 0.717) is 25.4 Å². The second-order valence-electron chi connectivity index (χ2n) is 5.02. The predicted octanol–water partition coefficient (Wildman–Crippen LogP) is 2.92. The van der Waals surface area contributed by atoms with Gasteiger partial charge in [-0.1, -0.05) is 0 Å². The van der Waals surface area contributed by atoms with Gasteiger partial charge >= 0.3 is 12.0 Å². The van der Waals surface area contributed by atoms with Crippen LogP contribution in [0.3, 0.4) is 0 Å². The van der Waals surface area contributed by atoms with Crippen molar-refractivity contribution in [2.24, 2.45) is 0 Å². The van der Waals surface area contributed by atoms with Crippen LogP contribution < -0.4 is 5.32 Å². The molecule has 1 aromatic heterocycles. The maximum absolute atomic E-state index is 12.0. The van der Waals surface area contributed by atoms with Crippen molar-refractivity contribution >= 4 is 17.7 Å². The molecule has 0 saturated carbocycles. The SMILES string of the molecule is CCOC(=O)c1ccn(-c2ccc(NC(=O)N(CC)CC)cc2)n1. The van der Waals surface area contributed by atoms with Gasteiger partial charge in [-0.05, 0) is 51.1 Å². The molecule has 0 aliphatic heterocycles. The van der Waals surface area contributed by atoms with E-state index in [9.17, 15) is 9.59 Å². The zero-order valence-corrected chi connectivity index (χ0v) is 14.2. The van der Waals surface area contributed by atoms with Gasteiger partial charge in [0.05, 0.1) is 12.3 Å². The van der Waals surface area contributed by atoms with E-state index in [0.717, 1.165) is 5.69 Å². The molecule has 0 saturated heterocycles. The second kappa shape index (κ2) is 8.14. The van der Waals surface area contributed by atoms with Crippen molar-refractivity contribution < 1.29 is 14.3 Å². The molecule has 0 spiro atoms. The Morgan fingerprint density at radius 1 is 1.12 bits per heavy atom. The predicted molar refractivity (Wildman–Crippen MR) is 91.5 cm³/mol. The van der Waals surface area contributed by atoms with Crippen molar-refractivity contribution in [3.05, 3.63) is 42.2 Å². The van der Waals surface area contributed by atoms with Crippen LogP contribution in [0, 0.1) is 0 Å². The Morgan fingerprint density at radius 3 is 2.38 bits per heavy atom. The molecule has 2 aromatic rings. The summed E-state index contributed by atoms with van der Waals surface area (Å²) in [6.45, 7) is 7.25. The molecule has 0 radical (unpaired) electrons. The highest BCUT2D eigenvalue weighted by Crippen LogP contribution is 2.14. The van der Waals surface area contributed by atoms with Crippen LogP contribution in [0.5, 0.6) is 0 Å². The van der Waals surface area contributed by atoms with Gasteiger partial charge in [0, 0.05) is 25.0 Å². The van der Waals surface area contributed by atoms with E-state index < -0.39 is 5.97 Å². The maximum Gasteiger partial charge on any atom is 0.358 e. The molecule has 2 amide bonds. The highest BCUT2D eigenvalue weighted by molar-refractivity contribution is 5.89. The average Bonchev–Trinajstić information content (AvgIpc) is 3.07. The molecular formula is C17H22N4O3. The molecule has 0 bridgehead atoms. The molecule has 1 aromatic carbocycles. The number of esters is 1. The minimum atomic E-state index is -0.445. The van der Waals surface area contributed by atoms with Crippen LogP contribution in [-0.4, -0.2) is 46.4 Å². The Balaban J connectivity index is 2.07. The van der Waals surface area contributed by atoms with E-state index in [1.165, 1.54) is 0 Å². The zero-order chi connectivity index (χ0) is 17.5. The smallest absolute Gasteiger partial charge is 0.358 e. The number of nitrogens with one attached hydrogen (secondary N) is 1. The fraction of sp³-hybridized carbons (Fsp3) is 0.353. The molecule has 24 heavy (non-hydrogen) atoms. The Hall–Kier alpha value is -2.83. The van der Waals surface area contributed by atoms with Crippen molar-refractivity contribution in [3.63, 3.8) is 0 Å². The number of urea groups is 1. The summed E-state index contributed by atoms with van der Waals surface area (Å²) >= 11 is 0. The Morgan fingerprint density at radius 2 is 1.79 bits per heavy atom. The van der Waals surface area contributed by atoms with Gasteiger partial charge in [0.2, 0.25) is 0 Å². The fourth-order valence-electron chi connectivity index (χ4n) is 2.19. The minimum Gasteiger partial charge on any atom is -0.461 e. The van der Waals surface area contributed by atoms with Crippen molar-refractivity contribution in [2.75, 3.05) is 25.0 Å². The average molecular weight is 330 g/mol. The number of hydrogen-bond acceptors (Lipinski definition) is 4. The summed E-state index contributed by atoms with van der Waals surface area (Å²) in [5.41, 5.74) is 1.75. The number of aromatic nitrogens is 2. The topological polar surface area (TPSA) is 76.5 Å². The van der Waals surface area contributed by atoms with E-state index in [4.69, 9.17) is 4.74 Å². The normalized spacial score (nSPS) is 10.3. The van der Waals surface area contributed by atoms with Crippen LogP contribution in [0.15, 0.2) is 36.5 Å². The highest BCUT2D eigenvalue weighted by atomic mass is 16.5. The highest BCUT2D eigenvalue weighted by Gasteiger charge is 2.12. The molecule has 128 valence electrons. The zero-order valence-electron chi connectivity index (χ0n) is 14.2. The van der Waals surface area contributed by atoms with E-state index in [1.807, 2.05) is 26.0 Å². The lowest BCUT2D eigenvalue weighted by atomic mass is 10.3. The summed E-state index contributed by atoms with van der Waals surface area (Å²) in [4.78, 5) is 25.4. The third-order valence-electron chi connectivity index (χ3n) is 3.51. The molecule has 1 heterocycles. The molecular weight excluding hydrogens is 308 g/mol. The van der Waals surface area contributed by atoms with Crippen LogP contribution in [0.25, 0.3) is 5.69 Å². The molecule has 0 atom stereocenters. The number of carbonyl (C=O) groups is 2. The largest absolute Gasteiger partial charge is 0.461 e. The quantitative estimate of drug-likeness (QED) is 0.826. The van der Waals surface area contributed by atoms with Gasteiger partial charge in [-0.15, -0.1) is 0 Å². The van der Waals surface area contributed by atoms with Crippen LogP contribution in [-0.2, 0) is 4.74 Å². The van der Waals surface area contributed by atoms with E-state index >= 15 is 0 Å². The standard InChI is InChI=1S/C17H22N4O3/c1-4-20(5-2)17(23)18-13-7-9-14(10-8-13)21-12-11-15(19-21)16(22)24-6-3/h7-12H,4-6H2,1-3H3,(H,18,23).